The smallest absolute Gasteiger partial charge is 0.173 e. The van der Waals surface area contributed by atoms with Gasteiger partial charge in [0.1, 0.15) is 0 Å². The molecule has 0 aliphatic heterocycles. The predicted octanol–water partition coefficient (Wildman–Crippen LogP) is 3.13. The van der Waals surface area contributed by atoms with Crippen molar-refractivity contribution in [2.75, 3.05) is 24.2 Å². The van der Waals surface area contributed by atoms with E-state index in [1.807, 2.05) is 12.3 Å². The summed E-state index contributed by atoms with van der Waals surface area (Å²) in [5.41, 5.74) is 7.97. The molecule has 0 bridgehead atoms. The van der Waals surface area contributed by atoms with Crippen LogP contribution in [0.4, 0.5) is 5.69 Å². The van der Waals surface area contributed by atoms with Gasteiger partial charge in [0.2, 0.25) is 0 Å². The van der Waals surface area contributed by atoms with E-state index in [9.17, 15) is 0 Å². The zero-order valence-electron chi connectivity index (χ0n) is 12.5. The number of nitrogens with two attached hydrogens (primary N) is 1. The van der Waals surface area contributed by atoms with E-state index in [0.29, 0.717) is 0 Å². The van der Waals surface area contributed by atoms with Gasteiger partial charge in [0, 0.05) is 23.7 Å². The van der Waals surface area contributed by atoms with Gasteiger partial charge in [-0.15, -0.1) is 11.8 Å². The van der Waals surface area contributed by atoms with Gasteiger partial charge in [-0.2, -0.15) is 0 Å². The van der Waals surface area contributed by atoms with Crippen LogP contribution in [0.2, 0.25) is 0 Å². The summed E-state index contributed by atoms with van der Waals surface area (Å²) < 4.78 is 0. The van der Waals surface area contributed by atoms with Crippen LogP contribution in [0.5, 0.6) is 0 Å². The van der Waals surface area contributed by atoms with Crippen LogP contribution in [0.25, 0.3) is 0 Å². The van der Waals surface area contributed by atoms with Gasteiger partial charge < -0.3 is 15.8 Å². The largest absolute Gasteiger partial charge is 0.409 e. The van der Waals surface area contributed by atoms with E-state index < -0.39 is 0 Å². The molecule has 21 heavy (non-hydrogen) atoms. The van der Waals surface area contributed by atoms with E-state index in [1.54, 1.807) is 11.8 Å². The number of rotatable bonds is 7. The predicted molar refractivity (Wildman–Crippen MR) is 88.4 cm³/mol. The van der Waals surface area contributed by atoms with Crippen molar-refractivity contribution >= 4 is 23.3 Å². The molecule has 114 valence electrons. The Hall–Kier alpha value is -1.36. The second-order valence-corrected chi connectivity index (χ2v) is 6.98. The van der Waals surface area contributed by atoms with Crippen LogP contribution in [0.1, 0.15) is 31.2 Å². The topological polar surface area (TPSA) is 61.8 Å². The molecule has 0 amide bonds. The van der Waals surface area contributed by atoms with E-state index in [-0.39, 0.29) is 5.84 Å². The fourth-order valence-corrected chi connectivity index (χ4v) is 3.38. The van der Waals surface area contributed by atoms with Crippen molar-refractivity contribution in [2.24, 2.45) is 22.7 Å². The number of anilines is 1. The van der Waals surface area contributed by atoms with Crippen LogP contribution >= 0.6 is 11.8 Å². The molecule has 3 N–H and O–H groups in total. The fourth-order valence-electron chi connectivity index (χ4n) is 2.76. The first-order chi connectivity index (χ1) is 10.2. The minimum Gasteiger partial charge on any atom is -0.409 e. The summed E-state index contributed by atoms with van der Waals surface area (Å²) in [6.45, 7) is 2.19. The number of nitrogens with zero attached hydrogens (tertiary/aromatic N) is 2. The van der Waals surface area contributed by atoms with Crippen LogP contribution in [0, 0.1) is 11.8 Å². The van der Waals surface area contributed by atoms with Crippen LogP contribution in [-0.4, -0.2) is 30.4 Å². The van der Waals surface area contributed by atoms with Crippen LogP contribution in [-0.2, 0) is 0 Å². The molecule has 2 aliphatic carbocycles. The highest BCUT2D eigenvalue weighted by molar-refractivity contribution is 7.98. The van der Waals surface area contributed by atoms with E-state index in [4.69, 9.17) is 10.9 Å². The van der Waals surface area contributed by atoms with Crippen molar-refractivity contribution in [2.45, 2.75) is 30.6 Å². The van der Waals surface area contributed by atoms with Crippen LogP contribution < -0.4 is 10.6 Å². The van der Waals surface area contributed by atoms with Crippen molar-refractivity contribution in [3.63, 3.8) is 0 Å². The Morgan fingerprint density at radius 2 is 1.90 bits per heavy atom. The second-order valence-electron chi connectivity index (χ2n) is 6.13. The lowest BCUT2D eigenvalue weighted by molar-refractivity contribution is 0.318. The molecule has 2 fully saturated rings. The molecule has 0 radical (unpaired) electrons. The molecule has 0 spiro atoms. The number of amidine groups is 1. The quantitative estimate of drug-likeness (QED) is 0.267. The highest BCUT2D eigenvalue weighted by atomic mass is 32.2. The fraction of sp³-hybridized carbons (Fsp3) is 0.562. The Balaban J connectivity index is 1.95. The highest BCUT2D eigenvalue weighted by Gasteiger charge is 2.31. The molecular weight excluding hydrogens is 282 g/mol. The van der Waals surface area contributed by atoms with Crippen molar-refractivity contribution in [1.29, 1.82) is 0 Å². The van der Waals surface area contributed by atoms with E-state index >= 15 is 0 Å². The summed E-state index contributed by atoms with van der Waals surface area (Å²) in [7, 11) is 0. The molecule has 1 aromatic carbocycles. The normalized spacial score (nSPS) is 18.8. The van der Waals surface area contributed by atoms with Crippen molar-refractivity contribution in [3.8, 4) is 0 Å². The molecule has 0 atom stereocenters. The van der Waals surface area contributed by atoms with Crippen LogP contribution in [0.3, 0.4) is 0 Å². The number of hydrogen-bond acceptors (Lipinski definition) is 4. The molecular formula is C16H23N3OS. The summed E-state index contributed by atoms with van der Waals surface area (Å²) in [4.78, 5) is 3.53. The lowest BCUT2D eigenvalue weighted by atomic mass is 10.1. The summed E-state index contributed by atoms with van der Waals surface area (Å²) in [6, 6.07) is 6.22. The molecule has 1 aromatic rings. The number of thioether (sulfide) groups is 1. The van der Waals surface area contributed by atoms with Gasteiger partial charge in [-0.25, -0.2) is 0 Å². The maximum atomic E-state index is 9.14. The number of hydrogen-bond donors (Lipinski definition) is 2. The molecule has 0 unspecified atom stereocenters. The second kappa shape index (κ2) is 6.18. The van der Waals surface area contributed by atoms with E-state index in [0.717, 1.165) is 41.1 Å². The lowest BCUT2D eigenvalue weighted by Gasteiger charge is -2.28. The monoisotopic (exact) mass is 305 g/mol. The maximum absolute atomic E-state index is 9.14. The van der Waals surface area contributed by atoms with Crippen molar-refractivity contribution in [1.82, 2.24) is 0 Å². The summed E-state index contributed by atoms with van der Waals surface area (Å²) >= 11 is 1.64. The first kappa shape index (κ1) is 14.6. The van der Waals surface area contributed by atoms with Gasteiger partial charge in [0.05, 0.1) is 5.56 Å². The molecule has 4 nitrogen and oxygen atoms in total. The van der Waals surface area contributed by atoms with Gasteiger partial charge in [-0.05, 0) is 55.9 Å². The average Bonchev–Trinajstić information content (AvgIpc) is 3.40. The molecule has 5 heteroatoms. The number of benzene rings is 1. The van der Waals surface area contributed by atoms with Crippen molar-refractivity contribution in [3.05, 3.63) is 23.8 Å². The molecule has 0 saturated heterocycles. The van der Waals surface area contributed by atoms with Gasteiger partial charge in [0.15, 0.2) is 5.84 Å². The zero-order chi connectivity index (χ0) is 14.8. The van der Waals surface area contributed by atoms with Crippen molar-refractivity contribution < 1.29 is 5.21 Å². The van der Waals surface area contributed by atoms with E-state index in [2.05, 4.69) is 22.2 Å². The molecule has 0 heterocycles. The third kappa shape index (κ3) is 3.46. The third-order valence-electron chi connectivity index (χ3n) is 4.28. The molecule has 2 saturated carbocycles. The minimum absolute atomic E-state index is 0.214. The molecule has 2 aliphatic rings. The van der Waals surface area contributed by atoms with Gasteiger partial charge >= 0.3 is 0 Å². The van der Waals surface area contributed by atoms with Gasteiger partial charge in [0.25, 0.3) is 0 Å². The third-order valence-corrected chi connectivity index (χ3v) is 5.06. The van der Waals surface area contributed by atoms with Gasteiger partial charge in [-0.3, -0.25) is 0 Å². The Bertz CT molecular complexity index is 524. The van der Waals surface area contributed by atoms with E-state index in [1.165, 1.54) is 25.7 Å². The lowest BCUT2D eigenvalue weighted by Crippen LogP contribution is -2.31. The van der Waals surface area contributed by atoms with Gasteiger partial charge in [-0.1, -0.05) is 11.2 Å². The molecule has 3 rings (SSSR count). The first-order valence-electron chi connectivity index (χ1n) is 7.62. The highest BCUT2D eigenvalue weighted by Crippen LogP contribution is 2.38. The Morgan fingerprint density at radius 1 is 1.29 bits per heavy atom. The standard InChI is InChI=1S/C16H23N3OS/c1-21-14-4-2-3-13(15(14)16(17)18-20)19(9-11-5-6-11)10-12-7-8-12/h2-4,11-12,20H,5-10H2,1H3,(H2,17,18). The minimum atomic E-state index is 0.214. The Morgan fingerprint density at radius 3 is 2.38 bits per heavy atom. The first-order valence-corrected chi connectivity index (χ1v) is 8.85. The Labute approximate surface area is 130 Å². The Kier molecular flexibility index (Phi) is 4.29. The SMILES string of the molecule is CSc1cccc(N(CC2CC2)CC2CC2)c1/C(N)=N/O. The summed E-state index contributed by atoms with van der Waals surface area (Å²) in [6.07, 6.45) is 7.37. The van der Waals surface area contributed by atoms with Crippen LogP contribution in [0.15, 0.2) is 28.3 Å². The molecule has 0 aromatic heterocycles. The zero-order valence-corrected chi connectivity index (χ0v) is 13.3. The number of oxime groups is 1. The summed E-state index contributed by atoms with van der Waals surface area (Å²) in [5.74, 6) is 1.86. The average molecular weight is 305 g/mol. The maximum Gasteiger partial charge on any atom is 0.173 e. The summed E-state index contributed by atoms with van der Waals surface area (Å²) in [5, 5.41) is 12.4.